The summed E-state index contributed by atoms with van der Waals surface area (Å²) in [6.07, 6.45) is 1.64. The van der Waals surface area contributed by atoms with E-state index in [0.29, 0.717) is 5.56 Å². The number of carbonyl (C=O) groups excluding carboxylic acids is 2. The molecule has 0 saturated carbocycles. The Morgan fingerprint density at radius 2 is 2.00 bits per heavy atom. The maximum Gasteiger partial charge on any atom is 0.343 e. The van der Waals surface area contributed by atoms with Crippen molar-refractivity contribution in [2.24, 2.45) is 5.92 Å². The van der Waals surface area contributed by atoms with Crippen LogP contribution in [0.1, 0.15) is 23.2 Å². The summed E-state index contributed by atoms with van der Waals surface area (Å²) in [6.45, 7) is 0. The molecule has 0 radical (unpaired) electrons. The molecule has 0 N–H and O–H groups in total. The number of hydrogen-bond acceptors (Lipinski definition) is 5. The van der Waals surface area contributed by atoms with Gasteiger partial charge in [-0.1, -0.05) is 23.9 Å². The molecule has 114 valence electrons. The molecule has 1 saturated heterocycles. The van der Waals surface area contributed by atoms with Gasteiger partial charge in [-0.25, -0.2) is 4.79 Å². The van der Waals surface area contributed by atoms with Gasteiger partial charge >= 0.3 is 11.9 Å². The lowest BCUT2D eigenvalue weighted by Gasteiger charge is -2.31. The van der Waals surface area contributed by atoms with Crippen LogP contribution in [-0.4, -0.2) is 37.0 Å². The van der Waals surface area contributed by atoms with Crippen LogP contribution in [0.4, 0.5) is 0 Å². The van der Waals surface area contributed by atoms with Gasteiger partial charge in [-0.3, -0.25) is 4.79 Å². The predicted molar refractivity (Wildman–Crippen MR) is 78.7 cm³/mol. The number of carbonyl (C=O) groups is 2. The predicted octanol–water partition coefficient (Wildman–Crippen LogP) is 2.11. The molecule has 5 nitrogen and oxygen atoms in total. The van der Waals surface area contributed by atoms with Crippen molar-refractivity contribution in [3.63, 3.8) is 0 Å². The molecule has 1 aromatic carbocycles. The molecule has 0 amide bonds. The SMILES string of the molecule is COC(=O)C1C(OC(=O)c2ccccc2)=C=C2CCC1N2C. The van der Waals surface area contributed by atoms with Gasteiger partial charge in [-0.2, -0.15) is 0 Å². The van der Waals surface area contributed by atoms with Crippen LogP contribution >= 0.6 is 0 Å². The van der Waals surface area contributed by atoms with Crippen LogP contribution in [0.2, 0.25) is 0 Å². The minimum atomic E-state index is -0.617. The van der Waals surface area contributed by atoms with Crippen LogP contribution in [0.5, 0.6) is 0 Å². The molecule has 2 unspecified atom stereocenters. The maximum absolute atomic E-state index is 12.2. The first-order valence-corrected chi connectivity index (χ1v) is 7.19. The van der Waals surface area contributed by atoms with Crippen LogP contribution in [0.25, 0.3) is 0 Å². The van der Waals surface area contributed by atoms with Gasteiger partial charge in [0, 0.05) is 7.05 Å². The smallest absolute Gasteiger partial charge is 0.343 e. The topological polar surface area (TPSA) is 55.8 Å². The highest BCUT2D eigenvalue weighted by atomic mass is 16.5. The average molecular weight is 299 g/mol. The average Bonchev–Trinajstić information content (AvgIpc) is 2.78. The number of ether oxygens (including phenoxy) is 2. The second-order valence-electron chi connectivity index (χ2n) is 5.41. The molecule has 1 aromatic rings. The van der Waals surface area contributed by atoms with Crippen LogP contribution in [0.15, 0.2) is 47.5 Å². The van der Waals surface area contributed by atoms with Gasteiger partial charge in [-0.15, -0.1) is 0 Å². The van der Waals surface area contributed by atoms with Crippen molar-refractivity contribution in [1.82, 2.24) is 4.90 Å². The number of benzene rings is 1. The zero-order chi connectivity index (χ0) is 15.7. The largest absolute Gasteiger partial charge is 0.468 e. The molecule has 3 rings (SSSR count). The van der Waals surface area contributed by atoms with E-state index in [0.717, 1.165) is 18.5 Å². The number of methoxy groups -OCH3 is 1. The molecule has 2 bridgehead atoms. The zero-order valence-electron chi connectivity index (χ0n) is 12.5. The molecule has 2 heterocycles. The van der Waals surface area contributed by atoms with Gasteiger partial charge in [0.15, 0.2) is 5.76 Å². The van der Waals surface area contributed by atoms with Gasteiger partial charge in [0.25, 0.3) is 0 Å². The fourth-order valence-electron chi connectivity index (χ4n) is 3.00. The van der Waals surface area contributed by atoms with Gasteiger partial charge in [0.1, 0.15) is 5.92 Å². The minimum Gasteiger partial charge on any atom is -0.468 e. The lowest BCUT2D eigenvalue weighted by atomic mass is 9.95. The summed E-state index contributed by atoms with van der Waals surface area (Å²) < 4.78 is 10.3. The zero-order valence-corrected chi connectivity index (χ0v) is 12.5. The Morgan fingerprint density at radius 3 is 2.68 bits per heavy atom. The number of fused-ring (bicyclic) bond motifs is 2. The van der Waals surface area contributed by atoms with E-state index in [4.69, 9.17) is 9.47 Å². The fourth-order valence-corrected chi connectivity index (χ4v) is 3.00. The quantitative estimate of drug-likeness (QED) is 0.632. The van der Waals surface area contributed by atoms with Gasteiger partial charge in [-0.05, 0) is 25.0 Å². The van der Waals surface area contributed by atoms with Crippen molar-refractivity contribution in [1.29, 1.82) is 0 Å². The van der Waals surface area contributed by atoms with Crippen LogP contribution < -0.4 is 0 Å². The standard InChI is InChI=1S/C17H17NO4/c1-18-12-8-9-13(18)15(17(20)21-2)14(10-12)22-16(19)11-6-4-3-5-7-11/h3-7,13,15H,8-9H2,1-2H3. The van der Waals surface area contributed by atoms with Gasteiger partial charge in [0.2, 0.25) is 0 Å². The summed E-state index contributed by atoms with van der Waals surface area (Å²) >= 11 is 0. The Bertz CT molecular complexity index is 673. The highest BCUT2D eigenvalue weighted by Crippen LogP contribution is 2.38. The normalized spacial score (nSPS) is 22.7. The highest BCUT2D eigenvalue weighted by Gasteiger charge is 2.44. The summed E-state index contributed by atoms with van der Waals surface area (Å²) in [5.41, 5.74) is 4.48. The van der Waals surface area contributed by atoms with Crippen molar-refractivity contribution in [3.8, 4) is 0 Å². The molecule has 2 aliphatic rings. The summed E-state index contributed by atoms with van der Waals surface area (Å²) in [4.78, 5) is 26.4. The second kappa shape index (κ2) is 5.70. The molecule has 22 heavy (non-hydrogen) atoms. The van der Waals surface area contributed by atoms with Crippen LogP contribution in [-0.2, 0) is 14.3 Å². The van der Waals surface area contributed by atoms with E-state index in [1.54, 1.807) is 24.3 Å². The van der Waals surface area contributed by atoms with E-state index in [2.05, 4.69) is 5.73 Å². The lowest BCUT2D eigenvalue weighted by Crippen LogP contribution is -2.40. The molecule has 0 spiro atoms. The van der Waals surface area contributed by atoms with Crippen LogP contribution in [0, 0.1) is 5.92 Å². The summed E-state index contributed by atoms with van der Waals surface area (Å²) in [6, 6.07) is 8.66. The molecule has 2 aliphatic heterocycles. The number of nitrogens with zero attached hydrogens (tertiary/aromatic N) is 1. The van der Waals surface area contributed by atoms with Crippen molar-refractivity contribution in [2.75, 3.05) is 14.2 Å². The molecular formula is C17H17NO4. The first-order valence-electron chi connectivity index (χ1n) is 7.19. The van der Waals surface area contributed by atoms with Crippen molar-refractivity contribution >= 4 is 11.9 Å². The molecule has 0 aromatic heterocycles. The van der Waals surface area contributed by atoms with E-state index in [9.17, 15) is 9.59 Å². The Kier molecular flexibility index (Phi) is 3.73. The summed E-state index contributed by atoms with van der Waals surface area (Å²) in [5.74, 6) is -1.24. The fraction of sp³-hybridized carbons (Fsp3) is 0.353. The van der Waals surface area contributed by atoms with E-state index in [1.165, 1.54) is 7.11 Å². The molecule has 2 atom stereocenters. The molecule has 5 heteroatoms. The van der Waals surface area contributed by atoms with Gasteiger partial charge in [0.05, 0.1) is 24.4 Å². The maximum atomic E-state index is 12.2. The Labute approximate surface area is 128 Å². The first kappa shape index (κ1) is 14.4. The minimum absolute atomic E-state index is 0.0396. The lowest BCUT2D eigenvalue weighted by molar-refractivity contribution is -0.147. The number of rotatable bonds is 3. The molecular weight excluding hydrogens is 282 g/mol. The third-order valence-electron chi connectivity index (χ3n) is 4.20. The van der Waals surface area contributed by atoms with E-state index < -0.39 is 17.9 Å². The van der Waals surface area contributed by atoms with Crippen molar-refractivity contribution < 1.29 is 19.1 Å². The van der Waals surface area contributed by atoms with E-state index in [-0.39, 0.29) is 11.8 Å². The van der Waals surface area contributed by atoms with Crippen molar-refractivity contribution in [2.45, 2.75) is 18.9 Å². The monoisotopic (exact) mass is 299 g/mol. The molecule has 1 fully saturated rings. The summed E-state index contributed by atoms with van der Waals surface area (Å²) in [5, 5.41) is 0. The van der Waals surface area contributed by atoms with Crippen LogP contribution in [0.3, 0.4) is 0 Å². The Morgan fingerprint density at radius 1 is 1.27 bits per heavy atom. The Hall–Kier alpha value is -2.52. The summed E-state index contributed by atoms with van der Waals surface area (Å²) in [7, 11) is 3.26. The first-order chi connectivity index (χ1) is 10.6. The number of esters is 2. The van der Waals surface area contributed by atoms with Gasteiger partial charge < -0.3 is 14.4 Å². The van der Waals surface area contributed by atoms with E-state index in [1.807, 2.05) is 18.0 Å². The van der Waals surface area contributed by atoms with E-state index >= 15 is 0 Å². The number of hydrogen-bond donors (Lipinski definition) is 0. The third-order valence-corrected chi connectivity index (χ3v) is 4.20. The molecule has 0 aliphatic carbocycles. The third kappa shape index (κ3) is 2.40. The second-order valence-corrected chi connectivity index (χ2v) is 5.41. The van der Waals surface area contributed by atoms with Crippen molar-refractivity contribution in [3.05, 3.63) is 53.1 Å². The Balaban J connectivity index is 1.92. The highest BCUT2D eigenvalue weighted by molar-refractivity contribution is 5.90.